The highest BCUT2D eigenvalue weighted by atomic mass is 35.5. The lowest BCUT2D eigenvalue weighted by Crippen LogP contribution is -2.62. The Labute approximate surface area is 215 Å². The fourth-order valence-corrected chi connectivity index (χ4v) is 6.15. The SMILES string of the molecule is CCC(C(=O)Nc1c(C)cccc1C)[N+]1(Cc2ccc(C)c(Cl)c2)CCCC(c2ccccc2)C1. The van der Waals surface area contributed by atoms with Gasteiger partial charge in [-0.15, -0.1) is 0 Å². The minimum Gasteiger partial charge on any atom is -0.320 e. The molecule has 1 heterocycles. The molecule has 4 heteroatoms. The van der Waals surface area contributed by atoms with Gasteiger partial charge in [0.05, 0.1) is 13.1 Å². The second kappa shape index (κ2) is 11.0. The van der Waals surface area contributed by atoms with E-state index < -0.39 is 0 Å². The number of quaternary nitrogens is 1. The van der Waals surface area contributed by atoms with Crippen LogP contribution in [-0.2, 0) is 11.3 Å². The van der Waals surface area contributed by atoms with Gasteiger partial charge in [0.25, 0.3) is 5.91 Å². The largest absolute Gasteiger partial charge is 0.320 e. The number of anilines is 1. The summed E-state index contributed by atoms with van der Waals surface area (Å²) in [7, 11) is 0. The van der Waals surface area contributed by atoms with Gasteiger partial charge in [0.15, 0.2) is 6.04 Å². The summed E-state index contributed by atoms with van der Waals surface area (Å²) in [4.78, 5) is 14.0. The lowest BCUT2D eigenvalue weighted by Gasteiger charge is -2.49. The quantitative estimate of drug-likeness (QED) is 0.340. The van der Waals surface area contributed by atoms with E-state index >= 15 is 0 Å². The van der Waals surface area contributed by atoms with Gasteiger partial charge in [-0.05, 0) is 61.9 Å². The number of benzene rings is 3. The van der Waals surface area contributed by atoms with Gasteiger partial charge in [-0.3, -0.25) is 4.79 Å². The van der Waals surface area contributed by atoms with Crippen molar-refractivity contribution in [2.45, 2.75) is 65.5 Å². The van der Waals surface area contributed by atoms with E-state index in [2.05, 4.69) is 86.8 Å². The van der Waals surface area contributed by atoms with Crippen LogP contribution in [0.1, 0.15) is 59.9 Å². The van der Waals surface area contributed by atoms with Gasteiger partial charge in [-0.2, -0.15) is 0 Å². The van der Waals surface area contributed by atoms with E-state index in [4.69, 9.17) is 11.6 Å². The van der Waals surface area contributed by atoms with Crippen molar-refractivity contribution in [3.05, 3.63) is 99.6 Å². The third-order valence-corrected chi connectivity index (χ3v) is 8.23. The monoisotopic (exact) mass is 489 g/mol. The molecule has 1 aliphatic rings. The van der Waals surface area contributed by atoms with Gasteiger partial charge in [-0.1, -0.05) is 79.2 Å². The number of piperidine rings is 1. The fraction of sp³-hybridized carbons (Fsp3) is 0.387. The van der Waals surface area contributed by atoms with Crippen LogP contribution in [0.4, 0.5) is 5.69 Å². The van der Waals surface area contributed by atoms with Gasteiger partial charge in [-0.25, -0.2) is 0 Å². The van der Waals surface area contributed by atoms with Crippen molar-refractivity contribution in [1.29, 1.82) is 0 Å². The number of para-hydroxylation sites is 1. The Morgan fingerprint density at radius 3 is 2.37 bits per heavy atom. The molecule has 1 aliphatic heterocycles. The number of aryl methyl sites for hydroxylation is 3. The predicted octanol–water partition coefficient (Wildman–Crippen LogP) is 7.58. The first-order valence-electron chi connectivity index (χ1n) is 12.9. The minimum atomic E-state index is -0.138. The molecule has 0 saturated carbocycles. The van der Waals surface area contributed by atoms with Crippen LogP contribution in [0.3, 0.4) is 0 Å². The topological polar surface area (TPSA) is 29.1 Å². The highest BCUT2D eigenvalue weighted by Crippen LogP contribution is 2.37. The third kappa shape index (κ3) is 5.63. The van der Waals surface area contributed by atoms with Crippen LogP contribution in [-0.4, -0.2) is 29.5 Å². The zero-order valence-corrected chi connectivity index (χ0v) is 22.2. The van der Waals surface area contributed by atoms with Crippen molar-refractivity contribution in [2.75, 3.05) is 18.4 Å². The highest BCUT2D eigenvalue weighted by molar-refractivity contribution is 6.31. The van der Waals surface area contributed by atoms with Crippen molar-refractivity contribution in [3.63, 3.8) is 0 Å². The number of nitrogens with one attached hydrogen (secondary N) is 1. The van der Waals surface area contributed by atoms with Crippen molar-refractivity contribution in [3.8, 4) is 0 Å². The Hall–Kier alpha value is -2.62. The number of halogens is 1. The highest BCUT2D eigenvalue weighted by Gasteiger charge is 2.45. The zero-order valence-electron chi connectivity index (χ0n) is 21.5. The molecule has 1 fully saturated rings. The predicted molar refractivity (Wildman–Crippen MR) is 147 cm³/mol. The molecule has 3 atom stereocenters. The summed E-state index contributed by atoms with van der Waals surface area (Å²) in [6.45, 7) is 11.1. The molecule has 35 heavy (non-hydrogen) atoms. The summed E-state index contributed by atoms with van der Waals surface area (Å²) in [5.74, 6) is 0.560. The van der Waals surface area contributed by atoms with Crippen LogP contribution in [0.5, 0.6) is 0 Å². The molecule has 0 aromatic heterocycles. The molecule has 1 amide bonds. The standard InChI is InChI=1S/C31H37ClN2O/c1-5-29(31(35)33-30-23(3)11-9-12-24(30)4)34(20-25-17-16-22(2)28(32)19-25)18-10-15-27(21-34)26-13-7-6-8-14-26/h6-9,11-14,16-17,19,27,29H,5,10,15,18,20-21H2,1-4H3/p+1. The molecule has 3 unspecified atom stereocenters. The van der Waals surface area contributed by atoms with Crippen LogP contribution in [0.15, 0.2) is 66.7 Å². The number of amides is 1. The van der Waals surface area contributed by atoms with E-state index in [1.165, 1.54) is 11.1 Å². The number of carbonyl (C=O) groups is 1. The molecule has 184 valence electrons. The van der Waals surface area contributed by atoms with Gasteiger partial charge in [0, 0.05) is 28.6 Å². The first-order chi connectivity index (χ1) is 16.8. The second-order valence-electron chi connectivity index (χ2n) is 10.3. The van der Waals surface area contributed by atoms with E-state index in [0.717, 1.165) is 70.8 Å². The van der Waals surface area contributed by atoms with Crippen LogP contribution in [0, 0.1) is 20.8 Å². The molecule has 0 aliphatic carbocycles. The van der Waals surface area contributed by atoms with E-state index in [1.807, 2.05) is 13.0 Å². The van der Waals surface area contributed by atoms with Gasteiger partial charge < -0.3 is 9.80 Å². The molecule has 0 bridgehead atoms. The Balaban J connectivity index is 1.71. The maximum Gasteiger partial charge on any atom is 0.282 e. The molecule has 0 spiro atoms. The molecule has 3 aromatic rings. The molecule has 4 rings (SSSR count). The lowest BCUT2D eigenvalue weighted by atomic mass is 9.86. The molecule has 0 radical (unpaired) electrons. The average Bonchev–Trinajstić information content (AvgIpc) is 2.85. The van der Waals surface area contributed by atoms with Gasteiger partial charge in [0.1, 0.15) is 6.54 Å². The van der Waals surface area contributed by atoms with Crippen LogP contribution >= 0.6 is 11.6 Å². The third-order valence-electron chi connectivity index (χ3n) is 7.82. The number of likely N-dealkylation sites (tertiary alicyclic amines) is 1. The van der Waals surface area contributed by atoms with E-state index in [1.54, 1.807) is 0 Å². The summed E-state index contributed by atoms with van der Waals surface area (Å²) >= 11 is 6.53. The summed E-state index contributed by atoms with van der Waals surface area (Å²) < 4.78 is 0.756. The Morgan fingerprint density at radius 1 is 1.00 bits per heavy atom. The van der Waals surface area contributed by atoms with Crippen molar-refractivity contribution in [1.82, 2.24) is 0 Å². The van der Waals surface area contributed by atoms with E-state index in [0.29, 0.717) is 5.92 Å². The number of rotatable bonds is 7. The molecule has 1 saturated heterocycles. The average molecular weight is 490 g/mol. The Kier molecular flexibility index (Phi) is 7.98. The minimum absolute atomic E-state index is 0.122. The van der Waals surface area contributed by atoms with Crippen LogP contribution in [0.25, 0.3) is 0 Å². The summed E-state index contributed by atoms with van der Waals surface area (Å²) in [6, 6.07) is 23.2. The zero-order chi connectivity index (χ0) is 25.0. The summed E-state index contributed by atoms with van der Waals surface area (Å²) in [6.07, 6.45) is 3.05. The second-order valence-corrected chi connectivity index (χ2v) is 10.7. The van der Waals surface area contributed by atoms with Crippen LogP contribution in [0.2, 0.25) is 5.02 Å². The normalized spacial score (nSPS) is 20.9. The number of hydrogen-bond donors (Lipinski definition) is 1. The summed E-state index contributed by atoms with van der Waals surface area (Å²) in [5.41, 5.74) is 6.82. The molecule has 3 nitrogen and oxygen atoms in total. The maximum atomic E-state index is 14.0. The Bertz CT molecular complexity index is 1160. The summed E-state index contributed by atoms with van der Waals surface area (Å²) in [5, 5.41) is 4.13. The molecular formula is C31H38ClN2O+. The van der Waals surface area contributed by atoms with Crippen molar-refractivity contribution < 1.29 is 9.28 Å². The van der Waals surface area contributed by atoms with Crippen molar-refractivity contribution in [2.24, 2.45) is 0 Å². The van der Waals surface area contributed by atoms with E-state index in [-0.39, 0.29) is 11.9 Å². The molecular weight excluding hydrogens is 452 g/mol. The fourth-order valence-electron chi connectivity index (χ4n) is 5.95. The van der Waals surface area contributed by atoms with Crippen molar-refractivity contribution >= 4 is 23.2 Å². The van der Waals surface area contributed by atoms with Gasteiger partial charge in [0.2, 0.25) is 0 Å². The molecule has 3 aromatic carbocycles. The first-order valence-corrected chi connectivity index (χ1v) is 13.2. The number of carbonyl (C=O) groups excluding carboxylic acids is 1. The number of hydrogen-bond acceptors (Lipinski definition) is 1. The molecule has 1 N–H and O–H groups in total. The maximum absolute atomic E-state index is 14.0. The van der Waals surface area contributed by atoms with Gasteiger partial charge >= 0.3 is 0 Å². The first kappa shape index (κ1) is 25.5. The lowest BCUT2D eigenvalue weighted by molar-refractivity contribution is -0.960. The Morgan fingerprint density at radius 2 is 1.71 bits per heavy atom. The number of nitrogens with zero attached hydrogens (tertiary/aromatic N) is 1. The smallest absolute Gasteiger partial charge is 0.282 e. The van der Waals surface area contributed by atoms with E-state index in [9.17, 15) is 4.79 Å². The van der Waals surface area contributed by atoms with Crippen LogP contribution < -0.4 is 5.32 Å².